The summed E-state index contributed by atoms with van der Waals surface area (Å²) in [5, 5.41) is 2.40. The van der Waals surface area contributed by atoms with Crippen molar-refractivity contribution < 1.29 is 14.4 Å². The predicted molar refractivity (Wildman–Crippen MR) is 75.8 cm³/mol. The van der Waals surface area contributed by atoms with E-state index in [2.05, 4.69) is 15.3 Å². The lowest BCUT2D eigenvalue weighted by Gasteiger charge is -2.19. The highest BCUT2D eigenvalue weighted by molar-refractivity contribution is 6.04. The summed E-state index contributed by atoms with van der Waals surface area (Å²) >= 11 is 0. The topological polar surface area (TPSA) is 95.5 Å². The number of imide groups is 1. The zero-order chi connectivity index (χ0) is 15.7. The van der Waals surface area contributed by atoms with Gasteiger partial charge in [0.05, 0.1) is 6.54 Å². The van der Waals surface area contributed by atoms with Crippen LogP contribution in [0.25, 0.3) is 0 Å². The Kier molecular flexibility index (Phi) is 3.74. The Balaban J connectivity index is 1.61. The molecule has 1 aromatic heterocycles. The minimum absolute atomic E-state index is 0.0358. The number of carbonyl (C=O) groups is 3. The summed E-state index contributed by atoms with van der Waals surface area (Å²) in [6.07, 6.45) is 2.50. The molecule has 1 N–H and O–H groups in total. The monoisotopic (exact) mass is 303 g/mol. The van der Waals surface area contributed by atoms with Crippen LogP contribution in [0.1, 0.15) is 23.9 Å². The average molecular weight is 303 g/mol. The third-order valence-corrected chi connectivity index (χ3v) is 3.95. The number of aromatic nitrogens is 2. The molecule has 0 aliphatic carbocycles. The molecule has 2 aliphatic heterocycles. The minimum atomic E-state index is -0.504. The van der Waals surface area contributed by atoms with Crippen molar-refractivity contribution in [2.45, 2.75) is 19.3 Å². The molecule has 4 amide bonds. The van der Waals surface area contributed by atoms with E-state index in [0.29, 0.717) is 13.1 Å². The third kappa shape index (κ3) is 2.76. The van der Waals surface area contributed by atoms with Gasteiger partial charge in [-0.3, -0.25) is 14.5 Å². The van der Waals surface area contributed by atoms with Gasteiger partial charge in [0.15, 0.2) is 0 Å². The summed E-state index contributed by atoms with van der Waals surface area (Å²) in [5.74, 6) is 0.258. The van der Waals surface area contributed by atoms with Crippen molar-refractivity contribution in [1.82, 2.24) is 25.1 Å². The molecule has 2 fully saturated rings. The first-order valence-electron chi connectivity index (χ1n) is 7.20. The second-order valence-corrected chi connectivity index (χ2v) is 5.52. The van der Waals surface area contributed by atoms with Crippen molar-refractivity contribution in [3.63, 3.8) is 0 Å². The van der Waals surface area contributed by atoms with Crippen molar-refractivity contribution >= 4 is 17.8 Å². The number of hydrogen-bond acceptors (Lipinski definition) is 5. The van der Waals surface area contributed by atoms with E-state index in [1.165, 1.54) is 0 Å². The van der Waals surface area contributed by atoms with Crippen molar-refractivity contribution in [2.24, 2.45) is 0 Å². The zero-order valence-electron chi connectivity index (χ0n) is 12.3. The van der Waals surface area contributed by atoms with E-state index in [1.54, 1.807) is 11.1 Å². The number of likely N-dealkylation sites (tertiary alicyclic amines) is 1. The number of rotatable bonds is 3. The second-order valence-electron chi connectivity index (χ2n) is 5.52. The van der Waals surface area contributed by atoms with Gasteiger partial charge in [0.2, 0.25) is 5.91 Å². The maximum Gasteiger partial charge on any atom is 0.325 e. The molecule has 2 saturated heterocycles. The number of amides is 4. The Bertz CT molecular complexity index is 617. The molecule has 3 heterocycles. The van der Waals surface area contributed by atoms with Crippen LogP contribution in [0.2, 0.25) is 0 Å². The molecular formula is C14H17N5O3. The van der Waals surface area contributed by atoms with E-state index < -0.39 is 6.03 Å². The largest absolute Gasteiger partial charge is 0.340 e. The Morgan fingerprint density at radius 1 is 1.45 bits per heavy atom. The van der Waals surface area contributed by atoms with Crippen LogP contribution < -0.4 is 5.32 Å². The van der Waals surface area contributed by atoms with E-state index in [4.69, 9.17) is 0 Å². The number of urea groups is 1. The number of nitrogens with zero attached hydrogens (tertiary/aromatic N) is 4. The van der Waals surface area contributed by atoms with Gasteiger partial charge in [-0.15, -0.1) is 0 Å². The van der Waals surface area contributed by atoms with Crippen molar-refractivity contribution in [1.29, 1.82) is 0 Å². The molecule has 0 bridgehead atoms. The summed E-state index contributed by atoms with van der Waals surface area (Å²) in [5.41, 5.74) is 0.897. The van der Waals surface area contributed by atoms with Gasteiger partial charge in [-0.05, 0) is 19.4 Å². The highest BCUT2D eigenvalue weighted by Gasteiger charge is 2.34. The molecule has 1 unspecified atom stereocenters. The van der Waals surface area contributed by atoms with Crippen LogP contribution in [-0.2, 0) is 9.59 Å². The molecule has 1 aromatic rings. The normalized spacial score (nSPS) is 21.4. The molecule has 1 atom stereocenters. The van der Waals surface area contributed by atoms with E-state index in [-0.39, 0.29) is 30.8 Å². The number of hydrogen-bond donors (Lipinski definition) is 1. The smallest absolute Gasteiger partial charge is 0.325 e. The lowest BCUT2D eigenvalue weighted by atomic mass is 10.1. The molecule has 22 heavy (non-hydrogen) atoms. The number of aryl methyl sites for hydroxylation is 1. The molecule has 2 aliphatic rings. The lowest BCUT2D eigenvalue weighted by Crippen LogP contribution is -2.42. The first-order valence-corrected chi connectivity index (χ1v) is 7.20. The van der Waals surface area contributed by atoms with E-state index >= 15 is 0 Å². The lowest BCUT2D eigenvalue weighted by molar-refractivity contribution is -0.135. The van der Waals surface area contributed by atoms with Crippen molar-refractivity contribution in [3.8, 4) is 0 Å². The molecule has 0 saturated carbocycles. The van der Waals surface area contributed by atoms with Crippen molar-refractivity contribution in [3.05, 3.63) is 23.8 Å². The van der Waals surface area contributed by atoms with Crippen LogP contribution in [0.4, 0.5) is 4.79 Å². The van der Waals surface area contributed by atoms with Gasteiger partial charge in [-0.25, -0.2) is 14.8 Å². The van der Waals surface area contributed by atoms with Crippen LogP contribution in [0.15, 0.2) is 12.3 Å². The molecule has 0 radical (unpaired) electrons. The van der Waals surface area contributed by atoms with Crippen LogP contribution in [0, 0.1) is 6.92 Å². The number of carbonyl (C=O) groups excluding carboxylic acids is 3. The fourth-order valence-corrected chi connectivity index (χ4v) is 2.71. The molecule has 8 nitrogen and oxygen atoms in total. The maximum absolute atomic E-state index is 12.2. The standard InChI is InChI=1S/C14H17N5O3/c1-9-2-4-15-13(17-9)10-3-5-18(7-10)12(21)8-19-11(20)6-16-14(19)22/h2,4,10H,3,5-8H2,1H3,(H,16,22). The fraction of sp³-hybridized carbons (Fsp3) is 0.500. The highest BCUT2D eigenvalue weighted by atomic mass is 16.2. The summed E-state index contributed by atoms with van der Waals surface area (Å²) in [4.78, 5) is 46.5. The van der Waals surface area contributed by atoms with E-state index in [1.807, 2.05) is 13.0 Å². The SMILES string of the molecule is Cc1ccnc(C2CCN(C(=O)CN3C(=O)CNC3=O)C2)n1. The zero-order valence-corrected chi connectivity index (χ0v) is 12.3. The van der Waals surface area contributed by atoms with E-state index in [9.17, 15) is 14.4 Å². The van der Waals surface area contributed by atoms with Crippen LogP contribution in [0.5, 0.6) is 0 Å². The summed E-state index contributed by atoms with van der Waals surface area (Å²) in [7, 11) is 0. The second kappa shape index (κ2) is 5.70. The van der Waals surface area contributed by atoms with Gasteiger partial charge in [0.1, 0.15) is 12.4 Å². The Morgan fingerprint density at radius 2 is 2.27 bits per heavy atom. The van der Waals surface area contributed by atoms with Gasteiger partial charge in [0.25, 0.3) is 5.91 Å². The molecule has 0 spiro atoms. The third-order valence-electron chi connectivity index (χ3n) is 3.95. The summed E-state index contributed by atoms with van der Waals surface area (Å²) < 4.78 is 0. The molecule has 0 aromatic carbocycles. The molecule has 116 valence electrons. The Hall–Kier alpha value is -2.51. The summed E-state index contributed by atoms with van der Waals surface area (Å²) in [6, 6.07) is 1.33. The van der Waals surface area contributed by atoms with Gasteiger partial charge in [-0.1, -0.05) is 0 Å². The average Bonchev–Trinajstić information content (AvgIpc) is 3.10. The number of nitrogens with one attached hydrogen (secondary N) is 1. The highest BCUT2D eigenvalue weighted by Crippen LogP contribution is 2.24. The quantitative estimate of drug-likeness (QED) is 0.770. The van der Waals surface area contributed by atoms with Crippen LogP contribution >= 0.6 is 0 Å². The van der Waals surface area contributed by atoms with Crippen molar-refractivity contribution in [2.75, 3.05) is 26.2 Å². The van der Waals surface area contributed by atoms with Gasteiger partial charge >= 0.3 is 6.03 Å². The van der Waals surface area contributed by atoms with Crippen LogP contribution in [0.3, 0.4) is 0 Å². The fourth-order valence-electron chi connectivity index (χ4n) is 2.71. The van der Waals surface area contributed by atoms with Gasteiger partial charge < -0.3 is 10.2 Å². The molecule has 3 rings (SSSR count). The predicted octanol–water partition coefficient (Wildman–Crippen LogP) is -0.347. The minimum Gasteiger partial charge on any atom is -0.340 e. The first kappa shape index (κ1) is 14.4. The van der Waals surface area contributed by atoms with Crippen LogP contribution in [-0.4, -0.2) is 63.8 Å². The first-order chi connectivity index (χ1) is 10.5. The Labute approximate surface area is 127 Å². The molecular weight excluding hydrogens is 286 g/mol. The van der Waals surface area contributed by atoms with Gasteiger partial charge in [0, 0.05) is 30.9 Å². The molecule has 8 heteroatoms. The van der Waals surface area contributed by atoms with Gasteiger partial charge in [-0.2, -0.15) is 0 Å². The maximum atomic E-state index is 12.2. The summed E-state index contributed by atoms with van der Waals surface area (Å²) in [6.45, 7) is 2.77. The van der Waals surface area contributed by atoms with E-state index in [0.717, 1.165) is 22.8 Å². The Morgan fingerprint density at radius 3 is 2.95 bits per heavy atom.